The van der Waals surface area contributed by atoms with Gasteiger partial charge in [-0.15, -0.1) is 0 Å². The third kappa shape index (κ3) is 5.19. The molecular weight excluding hydrogens is 366 g/mol. The van der Waals surface area contributed by atoms with E-state index in [0.29, 0.717) is 23.7 Å². The zero-order valence-electron chi connectivity index (χ0n) is 15.8. The van der Waals surface area contributed by atoms with Crippen molar-refractivity contribution in [1.29, 1.82) is 0 Å². The number of nitro groups is 1. The molecule has 0 aliphatic heterocycles. The quantitative estimate of drug-likeness (QED) is 0.402. The number of amides is 1. The van der Waals surface area contributed by atoms with Gasteiger partial charge in [-0.05, 0) is 36.8 Å². The van der Waals surface area contributed by atoms with Crippen LogP contribution in [0.25, 0.3) is 0 Å². The first-order valence-electron chi connectivity index (χ1n) is 8.46. The fourth-order valence-electron chi connectivity index (χ4n) is 2.29. The number of hydrogen-bond donors (Lipinski definition) is 1. The summed E-state index contributed by atoms with van der Waals surface area (Å²) in [5.41, 5.74) is 2.64. The molecule has 0 aliphatic carbocycles. The van der Waals surface area contributed by atoms with Crippen LogP contribution in [0.3, 0.4) is 0 Å². The number of hydrogen-bond acceptors (Lipinski definition) is 7. The molecule has 2 aromatic rings. The first-order chi connectivity index (χ1) is 13.5. The lowest BCUT2D eigenvalue weighted by molar-refractivity contribution is -0.385. The average Bonchev–Trinajstić information content (AvgIpc) is 2.71. The number of nitro benzene ring substituents is 1. The van der Waals surface area contributed by atoms with Gasteiger partial charge in [0.2, 0.25) is 0 Å². The topological polar surface area (TPSA) is 112 Å². The molecule has 2 aromatic carbocycles. The van der Waals surface area contributed by atoms with E-state index in [2.05, 4.69) is 10.5 Å². The van der Waals surface area contributed by atoms with E-state index < -0.39 is 10.8 Å². The average molecular weight is 387 g/mol. The van der Waals surface area contributed by atoms with Gasteiger partial charge in [-0.3, -0.25) is 14.9 Å². The molecule has 0 unspecified atom stereocenters. The molecule has 9 heteroatoms. The maximum atomic E-state index is 12.2. The predicted octanol–water partition coefficient (Wildman–Crippen LogP) is 3.16. The van der Waals surface area contributed by atoms with Crippen LogP contribution in [0.5, 0.6) is 17.2 Å². The van der Waals surface area contributed by atoms with E-state index >= 15 is 0 Å². The Hall–Kier alpha value is -3.62. The van der Waals surface area contributed by atoms with Gasteiger partial charge in [0, 0.05) is 5.56 Å². The zero-order chi connectivity index (χ0) is 20.5. The molecule has 0 aromatic heterocycles. The Labute approximate surface area is 162 Å². The fraction of sp³-hybridized carbons (Fsp3) is 0.263. The number of methoxy groups -OCH3 is 2. The number of ether oxygens (including phenoxy) is 3. The zero-order valence-corrected chi connectivity index (χ0v) is 15.8. The Morgan fingerprint density at radius 1 is 1.18 bits per heavy atom. The Bertz CT molecular complexity index is 865. The molecule has 0 fully saturated rings. The van der Waals surface area contributed by atoms with Gasteiger partial charge in [0.15, 0.2) is 11.5 Å². The first kappa shape index (κ1) is 20.7. The van der Waals surface area contributed by atoms with Gasteiger partial charge in [-0.1, -0.05) is 6.92 Å². The Morgan fingerprint density at radius 2 is 1.82 bits per heavy atom. The molecule has 0 radical (unpaired) electrons. The van der Waals surface area contributed by atoms with Crippen molar-refractivity contribution in [3.8, 4) is 17.2 Å². The third-order valence-corrected chi connectivity index (χ3v) is 3.69. The molecule has 0 saturated carbocycles. The molecule has 0 bridgehead atoms. The number of nitrogens with zero attached hydrogens (tertiary/aromatic N) is 2. The maximum Gasteiger partial charge on any atom is 0.282 e. The summed E-state index contributed by atoms with van der Waals surface area (Å²) in [5, 5.41) is 15.1. The van der Waals surface area contributed by atoms with Crippen molar-refractivity contribution in [3.05, 3.63) is 57.6 Å². The van der Waals surface area contributed by atoms with Crippen LogP contribution in [0.1, 0.15) is 29.3 Å². The second-order valence-corrected chi connectivity index (χ2v) is 5.60. The van der Waals surface area contributed by atoms with Crippen molar-refractivity contribution in [3.63, 3.8) is 0 Å². The Morgan fingerprint density at radius 3 is 2.39 bits per heavy atom. The minimum Gasteiger partial charge on any atom is -0.494 e. The van der Waals surface area contributed by atoms with Crippen LogP contribution in [0.4, 0.5) is 5.69 Å². The Balaban J connectivity index is 2.13. The summed E-state index contributed by atoms with van der Waals surface area (Å²) >= 11 is 0. The van der Waals surface area contributed by atoms with Crippen LogP contribution in [0.15, 0.2) is 41.5 Å². The van der Waals surface area contributed by atoms with Crippen molar-refractivity contribution in [2.45, 2.75) is 13.3 Å². The fourth-order valence-corrected chi connectivity index (χ4v) is 2.29. The maximum absolute atomic E-state index is 12.2. The van der Waals surface area contributed by atoms with E-state index in [0.717, 1.165) is 6.42 Å². The van der Waals surface area contributed by atoms with Crippen LogP contribution >= 0.6 is 0 Å². The van der Waals surface area contributed by atoms with Gasteiger partial charge in [-0.2, -0.15) is 5.10 Å². The minimum atomic E-state index is -0.569. The molecule has 1 N–H and O–H groups in total. The molecule has 0 spiro atoms. The minimum absolute atomic E-state index is 0.159. The van der Waals surface area contributed by atoms with Gasteiger partial charge in [0.25, 0.3) is 11.6 Å². The summed E-state index contributed by atoms with van der Waals surface area (Å²) in [6.45, 7) is 2.60. The summed E-state index contributed by atoms with van der Waals surface area (Å²) in [6, 6.07) is 9.23. The van der Waals surface area contributed by atoms with Gasteiger partial charge in [0.1, 0.15) is 5.75 Å². The highest BCUT2D eigenvalue weighted by atomic mass is 16.6. The monoisotopic (exact) mass is 387 g/mol. The molecule has 0 heterocycles. The van der Waals surface area contributed by atoms with Gasteiger partial charge in [0.05, 0.1) is 43.6 Å². The number of carbonyl (C=O) groups is 1. The first-order valence-corrected chi connectivity index (χ1v) is 8.46. The number of carbonyl (C=O) groups excluding carboxylic acids is 1. The van der Waals surface area contributed by atoms with Crippen LogP contribution in [-0.2, 0) is 0 Å². The van der Waals surface area contributed by atoms with E-state index in [9.17, 15) is 14.9 Å². The van der Waals surface area contributed by atoms with E-state index in [1.165, 1.54) is 32.6 Å². The van der Waals surface area contributed by atoms with Gasteiger partial charge in [-0.25, -0.2) is 5.43 Å². The van der Waals surface area contributed by atoms with Gasteiger partial charge < -0.3 is 14.2 Å². The van der Waals surface area contributed by atoms with Crippen molar-refractivity contribution in [2.75, 3.05) is 20.8 Å². The predicted molar refractivity (Wildman–Crippen MR) is 103 cm³/mol. The van der Waals surface area contributed by atoms with Gasteiger partial charge >= 0.3 is 0 Å². The van der Waals surface area contributed by atoms with Crippen LogP contribution in [-0.4, -0.2) is 37.9 Å². The van der Waals surface area contributed by atoms with Crippen LogP contribution in [0.2, 0.25) is 0 Å². The lowest BCUT2D eigenvalue weighted by atomic mass is 10.1. The SMILES string of the molecule is CCCOc1ccc(C(=O)N/N=C\c2cc(OC)c(OC)cc2[N+](=O)[O-])cc1. The van der Waals surface area contributed by atoms with E-state index in [-0.39, 0.29) is 17.0 Å². The third-order valence-electron chi connectivity index (χ3n) is 3.69. The van der Waals surface area contributed by atoms with Crippen molar-refractivity contribution in [2.24, 2.45) is 5.10 Å². The van der Waals surface area contributed by atoms with Crippen molar-refractivity contribution in [1.82, 2.24) is 5.43 Å². The molecule has 2 rings (SSSR count). The smallest absolute Gasteiger partial charge is 0.282 e. The largest absolute Gasteiger partial charge is 0.494 e. The number of hydrazone groups is 1. The second kappa shape index (κ2) is 9.91. The summed E-state index contributed by atoms with van der Waals surface area (Å²) in [4.78, 5) is 22.9. The molecule has 0 saturated heterocycles. The highest BCUT2D eigenvalue weighted by Gasteiger charge is 2.18. The van der Waals surface area contributed by atoms with E-state index in [1.54, 1.807) is 24.3 Å². The number of nitrogens with one attached hydrogen (secondary N) is 1. The lowest BCUT2D eigenvalue weighted by Crippen LogP contribution is -2.17. The summed E-state index contributed by atoms with van der Waals surface area (Å²) in [5.74, 6) is 0.744. The molecule has 148 valence electrons. The molecule has 28 heavy (non-hydrogen) atoms. The van der Waals surface area contributed by atoms with Crippen LogP contribution in [0, 0.1) is 10.1 Å². The lowest BCUT2D eigenvalue weighted by Gasteiger charge is -2.08. The summed E-state index contributed by atoms with van der Waals surface area (Å²) < 4.78 is 15.7. The molecule has 9 nitrogen and oxygen atoms in total. The summed E-state index contributed by atoms with van der Waals surface area (Å²) in [6.07, 6.45) is 2.07. The molecule has 0 atom stereocenters. The number of rotatable bonds is 9. The molecular formula is C19H21N3O6. The van der Waals surface area contributed by atoms with Crippen LogP contribution < -0.4 is 19.6 Å². The molecule has 1 amide bonds. The van der Waals surface area contributed by atoms with E-state index in [1.807, 2.05) is 6.92 Å². The second-order valence-electron chi connectivity index (χ2n) is 5.60. The standard InChI is InChI=1S/C19H21N3O6/c1-4-9-28-15-7-5-13(6-8-15)19(23)21-20-12-14-10-17(26-2)18(27-3)11-16(14)22(24)25/h5-8,10-12H,4,9H2,1-3H3,(H,21,23)/b20-12-. The van der Waals surface area contributed by atoms with Crippen molar-refractivity contribution < 1.29 is 23.9 Å². The van der Waals surface area contributed by atoms with Crippen molar-refractivity contribution >= 4 is 17.8 Å². The number of benzene rings is 2. The highest BCUT2D eigenvalue weighted by Crippen LogP contribution is 2.33. The highest BCUT2D eigenvalue weighted by molar-refractivity contribution is 5.95. The Kier molecular flexibility index (Phi) is 7.32. The molecule has 0 aliphatic rings. The summed E-state index contributed by atoms with van der Waals surface area (Å²) in [7, 11) is 2.80. The normalized spacial score (nSPS) is 10.5. The van der Waals surface area contributed by atoms with E-state index in [4.69, 9.17) is 14.2 Å².